The van der Waals surface area contributed by atoms with Gasteiger partial charge in [-0.25, -0.2) is 17.2 Å². The first-order valence-electron chi connectivity index (χ1n) is 34.7. The summed E-state index contributed by atoms with van der Waals surface area (Å²) in [5.41, 5.74) is 8.67. The van der Waals surface area contributed by atoms with Crippen LogP contribution in [0.2, 0.25) is 0 Å². The van der Waals surface area contributed by atoms with Crippen LogP contribution >= 0.6 is 0 Å². The fraction of sp³-hybridized carbons (Fsp3) is 0.476. The van der Waals surface area contributed by atoms with E-state index in [1.807, 2.05) is 92.9 Å². The van der Waals surface area contributed by atoms with Gasteiger partial charge in [0.1, 0.15) is 22.1 Å². The van der Waals surface area contributed by atoms with E-state index in [1.165, 1.54) is 35.4 Å². The number of allylic oxidation sites excluding steroid dienone is 3. The number of nitrogens with one attached hydrogen (secondary N) is 1. The molecular formula is C82H112F2N6O13S. The predicted molar refractivity (Wildman–Crippen MR) is 411 cm³/mol. The summed E-state index contributed by atoms with van der Waals surface area (Å²) < 4.78 is 72.5. The molecule has 19 nitrogen and oxygen atoms in total. The first-order chi connectivity index (χ1) is 47.7. The molecule has 6 aromatic rings. The number of fused-ring (bicyclic) bond motifs is 1. The molecule has 1 N–H and O–H groups in total. The van der Waals surface area contributed by atoms with Crippen molar-refractivity contribution in [2.24, 2.45) is 12.5 Å². The number of hydrogen-bond acceptors (Lipinski definition) is 14. The van der Waals surface area contributed by atoms with Crippen molar-refractivity contribution in [1.82, 2.24) is 19.7 Å². The molecule has 10 rings (SSSR count). The van der Waals surface area contributed by atoms with Crippen LogP contribution in [0, 0.1) is 37.3 Å². The summed E-state index contributed by atoms with van der Waals surface area (Å²) in [5.74, 6) is 0.0431. The van der Waals surface area contributed by atoms with Gasteiger partial charge in [-0.15, -0.1) is 0 Å². The number of halogens is 2. The first-order valence-corrected chi connectivity index (χ1v) is 36.6. The highest BCUT2D eigenvalue weighted by atomic mass is 32.2. The van der Waals surface area contributed by atoms with E-state index in [2.05, 4.69) is 119 Å². The Balaban J connectivity index is 0.000000260. The summed E-state index contributed by atoms with van der Waals surface area (Å²) in [7, 11) is -1.73. The maximum absolute atomic E-state index is 14.1. The molecule has 22 heteroatoms. The Morgan fingerprint density at radius 1 is 0.510 bits per heavy atom. The van der Waals surface area contributed by atoms with Crippen molar-refractivity contribution in [1.29, 1.82) is 0 Å². The Labute approximate surface area is 616 Å². The Hall–Kier alpha value is -8.86. The van der Waals surface area contributed by atoms with Crippen LogP contribution in [0.15, 0.2) is 161 Å². The Morgan fingerprint density at radius 3 is 1.35 bits per heavy atom. The number of sulfone groups is 1. The van der Waals surface area contributed by atoms with Gasteiger partial charge < -0.3 is 38.6 Å². The van der Waals surface area contributed by atoms with Gasteiger partial charge in [-0.05, 0) is 138 Å². The summed E-state index contributed by atoms with van der Waals surface area (Å²) in [6.45, 7) is 51.7. The third kappa shape index (κ3) is 27.3. The highest BCUT2D eigenvalue weighted by Crippen LogP contribution is 2.37. The maximum atomic E-state index is 14.1. The zero-order chi connectivity index (χ0) is 78.9. The lowest BCUT2D eigenvalue weighted by Crippen LogP contribution is -2.41. The van der Waals surface area contributed by atoms with E-state index in [1.54, 1.807) is 76.0 Å². The fourth-order valence-electron chi connectivity index (χ4n) is 10.1. The molecule has 0 aliphatic carbocycles. The number of hydrogen-bond donors (Lipinski definition) is 1. The highest BCUT2D eigenvalue weighted by molar-refractivity contribution is 7.90. The van der Waals surface area contributed by atoms with E-state index in [0.717, 1.165) is 51.3 Å². The minimum absolute atomic E-state index is 0.0507. The van der Waals surface area contributed by atoms with Crippen LogP contribution in [0.25, 0.3) is 0 Å². The third-order valence-electron chi connectivity index (χ3n) is 17.0. The van der Waals surface area contributed by atoms with Crippen LogP contribution < -0.4 is 20.3 Å². The topological polar surface area (TPSA) is 232 Å². The number of benzene rings is 5. The van der Waals surface area contributed by atoms with Crippen molar-refractivity contribution < 1.29 is 55.6 Å². The second-order valence-corrected chi connectivity index (χ2v) is 35.0. The van der Waals surface area contributed by atoms with Crippen molar-refractivity contribution in [3.63, 3.8) is 0 Å². The summed E-state index contributed by atoms with van der Waals surface area (Å²) in [6, 6.07) is 30.5. The predicted octanol–water partition coefficient (Wildman–Crippen LogP) is 17.4. The van der Waals surface area contributed by atoms with E-state index in [4.69, 9.17) is 18.9 Å². The number of nitro benzene ring substituents is 2. The van der Waals surface area contributed by atoms with E-state index in [-0.39, 0.29) is 87.6 Å². The van der Waals surface area contributed by atoms with Gasteiger partial charge in [0.05, 0.1) is 41.8 Å². The monoisotopic (exact) mass is 1460 g/mol. The maximum Gasteiger partial charge on any atom is 0.282 e. The van der Waals surface area contributed by atoms with Crippen LogP contribution in [0.1, 0.15) is 199 Å². The lowest BCUT2D eigenvalue weighted by Gasteiger charge is -2.27. The Morgan fingerprint density at radius 2 is 0.923 bits per heavy atom. The number of aromatic nitrogens is 1. The zero-order valence-corrected chi connectivity index (χ0v) is 66.3. The lowest BCUT2D eigenvalue weighted by atomic mass is 9.85. The van der Waals surface area contributed by atoms with Gasteiger partial charge in [0.25, 0.3) is 28.7 Å². The number of ether oxygens (including phenoxy) is 4. The van der Waals surface area contributed by atoms with Gasteiger partial charge in [0.15, 0.2) is 21.3 Å². The van der Waals surface area contributed by atoms with Crippen molar-refractivity contribution in [2.45, 2.75) is 183 Å². The van der Waals surface area contributed by atoms with Crippen molar-refractivity contribution >= 4 is 33.0 Å². The number of carbonyl (C=O) groups is 2. The number of rotatable bonds is 5. The van der Waals surface area contributed by atoms with Gasteiger partial charge in [-0.3, -0.25) is 34.6 Å². The number of carbonyl (C=O) groups excluding carboxylic acids is 2. The molecule has 2 amide bonds. The zero-order valence-electron chi connectivity index (χ0n) is 65.5. The molecule has 5 aromatic carbocycles. The summed E-state index contributed by atoms with van der Waals surface area (Å²) in [5, 5.41) is 24.7. The van der Waals surface area contributed by atoms with E-state index in [9.17, 15) is 51.8 Å². The van der Waals surface area contributed by atoms with Gasteiger partial charge in [-0.1, -0.05) is 188 Å². The molecule has 0 atom stereocenters. The number of pyridine rings is 1. The van der Waals surface area contributed by atoms with Gasteiger partial charge in [0, 0.05) is 81.8 Å². The largest absolute Gasteiger partial charge is 0.454 e. The third-order valence-corrected chi connectivity index (χ3v) is 18.1. The number of amides is 2. The molecule has 0 saturated carbocycles. The van der Waals surface area contributed by atoms with Gasteiger partial charge >= 0.3 is 0 Å². The molecule has 2 saturated heterocycles. The Kier molecular flexibility index (Phi) is 30.5. The molecule has 0 spiro atoms. The second kappa shape index (κ2) is 36.2. The van der Waals surface area contributed by atoms with E-state index < -0.39 is 26.4 Å². The van der Waals surface area contributed by atoms with Crippen LogP contribution in [0.5, 0.6) is 11.5 Å². The minimum Gasteiger partial charge on any atom is -0.454 e. The standard InChI is InChI=1S/C15H20FNO2.C15H20N2O4.C11H15FO2S.C11H14O2.C10H13NO2.C10H15NO.C10H15N/c1-15(2,3)11-4-5-12(13(16)10-11)14(18)17-6-8-19-9-7-17;1-15(2,3)11-4-5-12(13(10-11)17(19)20)14(18)16-6-8-21-9-7-16;1-11(2,3)8-5-6-9(12)10(7-8)15(4,13)14;1-11(2,3)8-4-5-9-10(6-8)13-7-12-9;1-10(2,3)8-4-6-9(7-5-8)11(12)13;1-10(2,3)8-5-6-11(4)9(12)7-8;1-8-7-9(5-6-11-8)10(2,3)4/h4-5,10H,6-9H2,1-3H3;4-5,10H,6-9H2,1-3H3;5-7H,1-4H3;4-6H,7H2,1-3H3;4-7H,1-3H3;5-7H,1-4H3;5-7,11H,1H2,2-4H3. The average molecular weight is 1460 g/mol. The van der Waals surface area contributed by atoms with Crippen LogP contribution in [-0.4, -0.2) is 110 Å². The number of nitrogens with zero attached hydrogens (tertiary/aromatic N) is 5. The van der Waals surface area contributed by atoms with E-state index >= 15 is 0 Å². The summed E-state index contributed by atoms with van der Waals surface area (Å²) >= 11 is 0. The smallest absolute Gasteiger partial charge is 0.282 e. The van der Waals surface area contributed by atoms with Crippen LogP contribution in [0.4, 0.5) is 20.2 Å². The van der Waals surface area contributed by atoms with Gasteiger partial charge in [0.2, 0.25) is 6.79 Å². The molecule has 0 bridgehead atoms. The number of morpholine rings is 2. The average Bonchev–Trinajstić information content (AvgIpc) is 0.856. The molecule has 4 aliphatic heterocycles. The second-order valence-electron chi connectivity index (χ2n) is 33.0. The quantitative estimate of drug-likeness (QED) is 0.125. The molecule has 0 radical (unpaired) electrons. The number of dihydropyridines is 1. The molecule has 4 aliphatic rings. The molecule has 5 heterocycles. The van der Waals surface area contributed by atoms with Crippen LogP contribution in [0.3, 0.4) is 0 Å². The summed E-state index contributed by atoms with van der Waals surface area (Å²) in [6.07, 6.45) is 8.93. The van der Waals surface area contributed by atoms with E-state index in [0.29, 0.717) is 59.4 Å². The molecule has 1 aromatic heterocycles. The number of non-ortho nitro benzene ring substituents is 1. The SMILES string of the molecule is C=C1C=C(C(C)(C)C)C=CN1.CC(C)(C)c1ccc(C(=O)N2CCOCC2)c(F)c1.CC(C)(C)c1ccc(C(=O)N2CCOCC2)c([N+](=O)[O-])c1.CC(C)(C)c1ccc(F)c(S(C)(=O)=O)c1.CC(C)(C)c1ccc([N+](=O)[O-])cc1.CC(C)(C)c1ccc2c(c1)OCO2.Cn1ccc(C(C)(C)C)cc1=O. The van der Waals surface area contributed by atoms with Crippen molar-refractivity contribution in [2.75, 3.05) is 65.7 Å². The molecule has 0 unspecified atom stereocenters. The molecule has 2 fully saturated rings. The highest BCUT2D eigenvalue weighted by Gasteiger charge is 2.30. The first kappa shape index (κ1) is 87.5. The van der Waals surface area contributed by atoms with Crippen molar-refractivity contribution in [3.05, 3.63) is 238 Å². The fourth-order valence-corrected chi connectivity index (χ4v) is 10.8. The number of nitro groups is 2. The normalized spacial score (nSPS) is 14.5. The Bertz CT molecular complexity index is 4200. The van der Waals surface area contributed by atoms with Crippen molar-refractivity contribution in [3.8, 4) is 11.5 Å². The molecule has 568 valence electrons. The molecule has 104 heavy (non-hydrogen) atoms. The summed E-state index contributed by atoms with van der Waals surface area (Å²) in [4.78, 5) is 59.7. The van der Waals surface area contributed by atoms with Gasteiger partial charge in [-0.2, -0.15) is 0 Å². The number of aryl methyl sites for hydroxylation is 1. The molecular weight excluding hydrogens is 1350 g/mol. The minimum atomic E-state index is -3.49. The van der Waals surface area contributed by atoms with Crippen LogP contribution in [-0.2, 0) is 58.8 Å². The lowest BCUT2D eigenvalue weighted by molar-refractivity contribution is -0.385.